The minimum absolute atomic E-state index is 0.0582. The number of hydrogen-bond acceptors (Lipinski definition) is 5. The fourth-order valence-electron chi connectivity index (χ4n) is 5.81. The quantitative estimate of drug-likeness (QED) is 0.279. The van der Waals surface area contributed by atoms with Crippen molar-refractivity contribution in [1.29, 1.82) is 0 Å². The lowest BCUT2D eigenvalue weighted by Gasteiger charge is -2.35. The summed E-state index contributed by atoms with van der Waals surface area (Å²) in [4.78, 5) is 38.7. The molecule has 4 N–H and O–H groups in total. The first-order chi connectivity index (χ1) is 20.2. The Morgan fingerprint density at radius 1 is 1.05 bits per heavy atom. The lowest BCUT2D eigenvalue weighted by molar-refractivity contribution is -0.145. The maximum absolute atomic E-state index is 15.9. The molecule has 0 aromatic heterocycles. The smallest absolute Gasteiger partial charge is 0.408 e. The van der Waals surface area contributed by atoms with E-state index >= 15 is 8.78 Å². The lowest BCUT2D eigenvalue weighted by Crippen LogP contribution is -2.53. The topological polar surface area (TPSA) is 117 Å². The number of halogens is 3. The number of carbonyl (C=O) groups excluding carboxylic acids is 3. The summed E-state index contributed by atoms with van der Waals surface area (Å²) in [6.07, 6.45) is 1.36. The molecule has 2 fully saturated rings. The summed E-state index contributed by atoms with van der Waals surface area (Å²) in [6.45, 7) is 0.120. The van der Waals surface area contributed by atoms with Gasteiger partial charge in [-0.2, -0.15) is 8.78 Å². The maximum atomic E-state index is 15.9. The van der Waals surface area contributed by atoms with Crippen molar-refractivity contribution in [2.45, 2.75) is 75.5 Å². The zero-order valence-electron chi connectivity index (χ0n) is 23.4. The van der Waals surface area contributed by atoms with E-state index in [1.165, 1.54) is 24.3 Å². The third-order valence-corrected chi connectivity index (χ3v) is 8.30. The maximum Gasteiger partial charge on any atom is 0.408 e. The molecule has 4 atom stereocenters. The summed E-state index contributed by atoms with van der Waals surface area (Å²) in [5.41, 5.74) is 0.375. The molecule has 1 aliphatic heterocycles. The summed E-state index contributed by atoms with van der Waals surface area (Å²) >= 11 is 6.00. The average molecular weight is 606 g/mol. The first-order valence-corrected chi connectivity index (χ1v) is 14.9. The van der Waals surface area contributed by atoms with Crippen LogP contribution in [0.3, 0.4) is 0 Å². The van der Waals surface area contributed by atoms with Gasteiger partial charge >= 0.3 is 12.0 Å². The molecule has 4 rings (SSSR count). The molecule has 1 saturated heterocycles. The normalized spacial score (nSPS) is 19.8. The van der Waals surface area contributed by atoms with Crippen LogP contribution in [-0.4, -0.2) is 54.4 Å². The second-order valence-electron chi connectivity index (χ2n) is 11.1. The fourth-order valence-corrected chi connectivity index (χ4v) is 6.00. The van der Waals surface area contributed by atoms with Gasteiger partial charge in [-0.3, -0.25) is 9.59 Å². The molecule has 0 spiro atoms. The van der Waals surface area contributed by atoms with Crippen molar-refractivity contribution in [3.05, 3.63) is 70.7 Å². The highest BCUT2D eigenvalue weighted by Crippen LogP contribution is 2.42. The number of aliphatic hydroxyl groups excluding tert-OH is 1. The SMILES string of the molecule is O=C(N[C@@H](Cc1ccccc1)C(=O)N[C@H](CO)C[C@@H]1CCNC1=O)OC(C1CCCCC1)C(F)(F)c1cccc(Cl)c1. The van der Waals surface area contributed by atoms with Crippen molar-refractivity contribution >= 4 is 29.5 Å². The van der Waals surface area contributed by atoms with E-state index in [0.717, 1.165) is 24.8 Å². The van der Waals surface area contributed by atoms with Crippen LogP contribution >= 0.6 is 11.6 Å². The highest BCUT2D eigenvalue weighted by Gasteiger charge is 2.49. The minimum atomic E-state index is -3.52. The predicted octanol–water partition coefficient (Wildman–Crippen LogP) is 4.72. The Morgan fingerprint density at radius 3 is 2.43 bits per heavy atom. The third-order valence-electron chi connectivity index (χ3n) is 8.07. The van der Waals surface area contributed by atoms with E-state index in [-0.39, 0.29) is 35.3 Å². The fraction of sp³-hybridized carbons (Fsp3) is 0.516. The highest BCUT2D eigenvalue weighted by atomic mass is 35.5. The van der Waals surface area contributed by atoms with Gasteiger partial charge in [-0.1, -0.05) is 73.3 Å². The van der Waals surface area contributed by atoms with Crippen LogP contribution in [0.25, 0.3) is 0 Å². The Labute approximate surface area is 249 Å². The number of benzene rings is 2. The van der Waals surface area contributed by atoms with E-state index in [0.29, 0.717) is 25.8 Å². The van der Waals surface area contributed by atoms with Crippen molar-refractivity contribution in [2.24, 2.45) is 11.8 Å². The Morgan fingerprint density at radius 2 is 1.79 bits per heavy atom. The van der Waals surface area contributed by atoms with E-state index in [1.54, 1.807) is 30.3 Å². The molecule has 228 valence electrons. The lowest BCUT2D eigenvalue weighted by atomic mass is 9.81. The number of hydrogen-bond donors (Lipinski definition) is 4. The molecule has 42 heavy (non-hydrogen) atoms. The summed E-state index contributed by atoms with van der Waals surface area (Å²) in [7, 11) is 0. The number of aliphatic hydroxyl groups is 1. The molecule has 1 unspecified atom stereocenters. The van der Waals surface area contributed by atoms with E-state index in [1.807, 2.05) is 0 Å². The van der Waals surface area contributed by atoms with Crippen LogP contribution in [0.5, 0.6) is 0 Å². The van der Waals surface area contributed by atoms with Crippen LogP contribution in [0.15, 0.2) is 54.6 Å². The Hall–Kier alpha value is -3.24. The van der Waals surface area contributed by atoms with Crippen molar-refractivity contribution in [3.8, 4) is 0 Å². The number of nitrogens with one attached hydrogen (secondary N) is 3. The largest absolute Gasteiger partial charge is 0.439 e. The Kier molecular flexibility index (Phi) is 11.2. The minimum Gasteiger partial charge on any atom is -0.439 e. The second kappa shape index (κ2) is 14.8. The molecular weight excluding hydrogens is 568 g/mol. The van der Waals surface area contributed by atoms with Crippen molar-refractivity contribution in [1.82, 2.24) is 16.0 Å². The van der Waals surface area contributed by atoms with Crippen molar-refractivity contribution in [3.63, 3.8) is 0 Å². The molecule has 2 aliphatic rings. The average Bonchev–Trinajstić information content (AvgIpc) is 3.39. The molecule has 1 heterocycles. The first kappa shape index (κ1) is 31.7. The highest BCUT2D eigenvalue weighted by molar-refractivity contribution is 6.30. The predicted molar refractivity (Wildman–Crippen MR) is 154 cm³/mol. The first-order valence-electron chi connectivity index (χ1n) is 14.5. The molecule has 0 radical (unpaired) electrons. The molecule has 8 nitrogen and oxygen atoms in total. The van der Waals surface area contributed by atoms with Gasteiger partial charge in [0.25, 0.3) is 0 Å². The summed E-state index contributed by atoms with van der Waals surface area (Å²) < 4.78 is 37.4. The second-order valence-corrected chi connectivity index (χ2v) is 11.6. The van der Waals surface area contributed by atoms with Gasteiger partial charge in [0, 0.05) is 35.4 Å². The van der Waals surface area contributed by atoms with E-state index in [9.17, 15) is 19.5 Å². The van der Waals surface area contributed by atoms with Crippen LogP contribution in [0.4, 0.5) is 13.6 Å². The molecule has 1 saturated carbocycles. The van der Waals surface area contributed by atoms with Gasteiger partial charge in [-0.15, -0.1) is 0 Å². The van der Waals surface area contributed by atoms with Crippen LogP contribution in [-0.2, 0) is 26.7 Å². The molecular formula is C31H38ClF2N3O5. The summed E-state index contributed by atoms with van der Waals surface area (Å²) in [6, 6.07) is 12.4. The van der Waals surface area contributed by atoms with Gasteiger partial charge in [0.05, 0.1) is 12.6 Å². The molecule has 2 aromatic carbocycles. The van der Waals surface area contributed by atoms with Crippen molar-refractivity contribution < 1.29 is 33.0 Å². The van der Waals surface area contributed by atoms with Crippen LogP contribution in [0, 0.1) is 11.8 Å². The zero-order chi connectivity index (χ0) is 30.1. The van der Waals surface area contributed by atoms with E-state index in [2.05, 4.69) is 16.0 Å². The molecule has 3 amide bonds. The Balaban J connectivity index is 1.52. The molecule has 0 bridgehead atoms. The number of carbonyl (C=O) groups is 3. The van der Waals surface area contributed by atoms with Gasteiger partial charge < -0.3 is 25.8 Å². The van der Waals surface area contributed by atoms with E-state index < -0.39 is 48.6 Å². The standard InChI is InChI=1S/C31H38ClF2N3O5/c32-24-13-7-12-23(18-24)31(33,34)27(21-10-5-2-6-11-21)42-30(41)37-26(16-20-8-3-1-4-9-20)29(40)36-25(19-38)17-22-14-15-35-28(22)39/h1,3-4,7-9,12-13,18,21-22,25-27,38H,2,5-6,10-11,14-17,19H2,(H,35,39)(H,36,40)(H,37,41)/t22-,25-,26-,27?/m0/s1. The molecule has 1 aliphatic carbocycles. The summed E-state index contributed by atoms with van der Waals surface area (Å²) in [5, 5.41) is 18.0. The third kappa shape index (κ3) is 8.41. The Bertz CT molecular complexity index is 1210. The molecule has 11 heteroatoms. The number of ether oxygens (including phenoxy) is 1. The molecule has 2 aromatic rings. The van der Waals surface area contributed by atoms with Gasteiger partial charge in [0.1, 0.15) is 6.04 Å². The number of amides is 3. The number of alkyl halides is 2. The monoisotopic (exact) mass is 605 g/mol. The van der Waals surface area contributed by atoms with Crippen molar-refractivity contribution in [2.75, 3.05) is 13.2 Å². The zero-order valence-corrected chi connectivity index (χ0v) is 24.1. The van der Waals surface area contributed by atoms with Crippen LogP contribution < -0.4 is 16.0 Å². The van der Waals surface area contributed by atoms with Crippen LogP contribution in [0.1, 0.15) is 56.1 Å². The van der Waals surface area contributed by atoms with Gasteiger partial charge in [0.15, 0.2) is 6.10 Å². The number of rotatable bonds is 12. The van der Waals surface area contributed by atoms with Gasteiger partial charge in [0.2, 0.25) is 11.8 Å². The van der Waals surface area contributed by atoms with Gasteiger partial charge in [-0.25, -0.2) is 4.79 Å². The van der Waals surface area contributed by atoms with E-state index in [4.69, 9.17) is 16.3 Å². The van der Waals surface area contributed by atoms with Gasteiger partial charge in [-0.05, 0) is 43.4 Å². The number of alkyl carbamates (subject to hydrolysis) is 1. The van der Waals surface area contributed by atoms with Crippen LogP contribution in [0.2, 0.25) is 5.02 Å². The summed E-state index contributed by atoms with van der Waals surface area (Å²) in [5.74, 6) is -5.21.